The summed E-state index contributed by atoms with van der Waals surface area (Å²) in [6.45, 7) is 6.60. The Morgan fingerprint density at radius 1 is 1.00 bits per heavy atom. The molecule has 1 aromatic carbocycles. The molecule has 1 saturated carbocycles. The lowest BCUT2D eigenvalue weighted by Crippen LogP contribution is -2.41. The lowest BCUT2D eigenvalue weighted by Gasteiger charge is -2.33. The molecule has 0 bridgehead atoms. The van der Waals surface area contributed by atoms with Crippen molar-refractivity contribution >= 4 is 23.7 Å². The summed E-state index contributed by atoms with van der Waals surface area (Å²) >= 11 is 0. The van der Waals surface area contributed by atoms with Crippen molar-refractivity contribution in [2.24, 2.45) is 0 Å². The maximum atomic E-state index is 13.9. The van der Waals surface area contributed by atoms with Crippen LogP contribution in [0.15, 0.2) is 48.8 Å². The summed E-state index contributed by atoms with van der Waals surface area (Å²) in [4.78, 5) is 39.0. The molecule has 9 nitrogen and oxygen atoms in total. The monoisotopic (exact) mass is 621 g/mol. The van der Waals surface area contributed by atoms with Crippen molar-refractivity contribution in [3.05, 3.63) is 76.9 Å². The highest BCUT2D eigenvalue weighted by Crippen LogP contribution is 2.50. The van der Waals surface area contributed by atoms with Crippen molar-refractivity contribution < 1.29 is 32.2 Å². The molecule has 2 aromatic heterocycles. The van der Waals surface area contributed by atoms with Gasteiger partial charge in [0.25, 0.3) is 0 Å². The second kappa shape index (κ2) is 12.4. The number of ether oxygens (including phenoxy) is 2. The highest BCUT2D eigenvalue weighted by molar-refractivity contribution is 5.87. The van der Waals surface area contributed by atoms with Gasteiger partial charge in [0.1, 0.15) is 16.9 Å². The number of nitrogens with zero attached hydrogens (tertiary/aromatic N) is 4. The average molecular weight is 622 g/mol. The fourth-order valence-electron chi connectivity index (χ4n) is 5.32. The third-order valence-electron chi connectivity index (χ3n) is 7.79. The van der Waals surface area contributed by atoms with Crippen LogP contribution in [0.1, 0.15) is 80.5 Å². The van der Waals surface area contributed by atoms with Gasteiger partial charge in [0, 0.05) is 36.5 Å². The smallest absolute Gasteiger partial charge is 0.420 e. The number of esters is 1. The number of halogens is 3. The molecular formula is C33H34F3N5O4. The van der Waals surface area contributed by atoms with E-state index < -0.39 is 34.4 Å². The zero-order chi connectivity index (χ0) is 32.4. The van der Waals surface area contributed by atoms with Gasteiger partial charge in [-0.3, -0.25) is 9.78 Å². The number of carbonyl (C=O) groups is 2. The first-order valence-corrected chi connectivity index (χ1v) is 14.6. The summed E-state index contributed by atoms with van der Waals surface area (Å²) < 4.78 is 52.0. The summed E-state index contributed by atoms with van der Waals surface area (Å²) in [5.41, 5.74) is -0.577. The second-order valence-electron chi connectivity index (χ2n) is 12.2. The summed E-state index contributed by atoms with van der Waals surface area (Å²) in [7, 11) is 1.31. The van der Waals surface area contributed by atoms with Crippen LogP contribution >= 0.6 is 0 Å². The first-order chi connectivity index (χ1) is 21.3. The number of amides is 1. The third-order valence-corrected chi connectivity index (χ3v) is 7.79. The molecule has 2 aliphatic rings. The molecule has 3 aromatic rings. The Labute approximate surface area is 259 Å². The van der Waals surface area contributed by atoms with Crippen LogP contribution in [0.3, 0.4) is 0 Å². The number of carbonyl (C=O) groups excluding carboxylic acids is 2. The minimum atomic E-state index is -4.73. The Kier molecular flexibility index (Phi) is 8.74. The molecule has 1 saturated heterocycles. The number of aromatic nitrogens is 3. The Morgan fingerprint density at radius 2 is 1.71 bits per heavy atom. The van der Waals surface area contributed by atoms with E-state index in [-0.39, 0.29) is 18.0 Å². The van der Waals surface area contributed by atoms with Crippen molar-refractivity contribution in [3.8, 4) is 11.8 Å². The number of likely N-dealkylation sites (tertiary alicyclic amines) is 1. The number of rotatable bonds is 5. The van der Waals surface area contributed by atoms with Crippen LogP contribution in [0.4, 0.5) is 29.6 Å². The van der Waals surface area contributed by atoms with Crippen LogP contribution in [0.5, 0.6) is 0 Å². The van der Waals surface area contributed by atoms with E-state index in [1.807, 2.05) is 26.8 Å². The second-order valence-corrected chi connectivity index (χ2v) is 12.2. The maximum absolute atomic E-state index is 13.9. The Morgan fingerprint density at radius 3 is 2.31 bits per heavy atom. The molecule has 2 fully saturated rings. The van der Waals surface area contributed by atoms with E-state index in [0.29, 0.717) is 48.9 Å². The molecular weight excluding hydrogens is 587 g/mol. The molecule has 236 valence electrons. The fraction of sp³-hybridized carbons (Fsp3) is 0.424. The third kappa shape index (κ3) is 7.36. The van der Waals surface area contributed by atoms with Gasteiger partial charge >= 0.3 is 18.2 Å². The summed E-state index contributed by atoms with van der Waals surface area (Å²) in [5, 5.41) is 2.91. The van der Waals surface area contributed by atoms with E-state index in [2.05, 4.69) is 32.1 Å². The number of hydrogen-bond acceptors (Lipinski definition) is 8. The molecule has 0 radical (unpaired) electrons. The van der Waals surface area contributed by atoms with Crippen LogP contribution in [0, 0.1) is 11.8 Å². The van der Waals surface area contributed by atoms with Gasteiger partial charge < -0.3 is 19.7 Å². The molecule has 1 N–H and O–H groups in total. The molecule has 45 heavy (non-hydrogen) atoms. The van der Waals surface area contributed by atoms with Gasteiger partial charge in [0.15, 0.2) is 0 Å². The summed E-state index contributed by atoms with van der Waals surface area (Å²) in [5.74, 6) is 5.05. The van der Waals surface area contributed by atoms with Gasteiger partial charge in [-0.1, -0.05) is 24.1 Å². The number of pyridine rings is 1. The van der Waals surface area contributed by atoms with E-state index in [9.17, 15) is 22.8 Å². The van der Waals surface area contributed by atoms with Crippen molar-refractivity contribution in [3.63, 3.8) is 0 Å². The quantitative estimate of drug-likeness (QED) is 0.260. The van der Waals surface area contributed by atoms with E-state index in [4.69, 9.17) is 9.47 Å². The van der Waals surface area contributed by atoms with E-state index in [1.54, 1.807) is 41.4 Å². The van der Waals surface area contributed by atoms with E-state index in [1.165, 1.54) is 7.11 Å². The Hall–Kier alpha value is -4.66. The highest BCUT2D eigenvalue weighted by Gasteiger charge is 2.53. The van der Waals surface area contributed by atoms with Crippen LogP contribution in [-0.4, -0.2) is 57.7 Å². The van der Waals surface area contributed by atoms with Crippen LogP contribution in [-0.2, 0) is 25.9 Å². The van der Waals surface area contributed by atoms with Gasteiger partial charge in [0.05, 0.1) is 24.4 Å². The number of alkyl halides is 3. The van der Waals surface area contributed by atoms with E-state index >= 15 is 0 Å². The lowest BCUT2D eigenvalue weighted by atomic mass is 9.91. The normalized spacial score (nSPS) is 16.3. The Balaban J connectivity index is 1.31. The molecule has 12 heteroatoms. The maximum Gasteiger partial charge on any atom is 0.420 e. The minimum Gasteiger partial charge on any atom is -0.468 e. The number of nitrogens with one attached hydrogen (secondary N) is 1. The summed E-state index contributed by atoms with van der Waals surface area (Å²) in [6.07, 6.45) is -0.181. The van der Waals surface area contributed by atoms with Gasteiger partial charge in [-0.25, -0.2) is 14.8 Å². The number of benzene rings is 1. The highest BCUT2D eigenvalue weighted by atomic mass is 19.4. The number of anilines is 2. The zero-order valence-electron chi connectivity index (χ0n) is 25.5. The fourth-order valence-corrected chi connectivity index (χ4v) is 5.32. The van der Waals surface area contributed by atoms with Crippen LogP contribution in [0.25, 0.3) is 0 Å². The predicted octanol–water partition coefficient (Wildman–Crippen LogP) is 6.35. The lowest BCUT2D eigenvalue weighted by molar-refractivity contribution is -0.143. The molecule has 5 rings (SSSR count). The van der Waals surface area contributed by atoms with E-state index in [0.717, 1.165) is 18.5 Å². The number of methoxy groups -OCH3 is 1. The molecule has 1 aliphatic heterocycles. The first kappa shape index (κ1) is 31.8. The van der Waals surface area contributed by atoms with Crippen molar-refractivity contribution in [2.45, 2.75) is 69.6 Å². The van der Waals surface area contributed by atoms with Crippen molar-refractivity contribution in [2.75, 3.05) is 25.5 Å². The molecule has 3 heterocycles. The molecule has 0 atom stereocenters. The average Bonchev–Trinajstić information content (AvgIpc) is 3.81. The van der Waals surface area contributed by atoms with Crippen molar-refractivity contribution in [1.82, 2.24) is 19.9 Å². The Bertz CT molecular complexity index is 1630. The van der Waals surface area contributed by atoms with Gasteiger partial charge in [-0.15, -0.1) is 0 Å². The molecule has 0 spiro atoms. The molecule has 0 unspecified atom stereocenters. The van der Waals surface area contributed by atoms with Crippen molar-refractivity contribution in [1.29, 1.82) is 0 Å². The zero-order valence-corrected chi connectivity index (χ0v) is 25.5. The molecule has 1 amide bonds. The first-order valence-electron chi connectivity index (χ1n) is 14.6. The minimum absolute atomic E-state index is 0.0750. The van der Waals surface area contributed by atoms with Crippen LogP contribution < -0.4 is 5.32 Å². The standard InChI is InChI=1S/C33H34F3N5O4/c1-31(2,3)45-30(43)41-17-13-22(14-18-41)26-12-10-23(19-37-26)39-29-38-20-25(33(34,35)36)27(40-29)11-9-21-7-5-6-8-24(21)32(15-16-32)28(42)44-4/h5-8,10,12,19-20,22H,13-18H2,1-4H3,(H,38,39,40). The van der Waals surface area contributed by atoms with Crippen LogP contribution in [0.2, 0.25) is 0 Å². The van der Waals surface area contributed by atoms with Gasteiger partial charge in [-0.05, 0) is 76.1 Å². The number of piperidine rings is 1. The largest absolute Gasteiger partial charge is 0.468 e. The number of hydrogen-bond donors (Lipinski definition) is 1. The SMILES string of the molecule is COC(=O)C1(c2ccccc2C#Cc2nc(Nc3ccc(C4CCN(C(=O)OC(C)(C)C)CC4)nc3)ncc2C(F)(F)F)CC1. The van der Waals surface area contributed by atoms with Gasteiger partial charge in [0.2, 0.25) is 5.95 Å². The molecule has 1 aliphatic carbocycles. The van der Waals surface area contributed by atoms with Gasteiger partial charge in [-0.2, -0.15) is 13.2 Å². The summed E-state index contributed by atoms with van der Waals surface area (Å²) in [6, 6.07) is 10.5. The topological polar surface area (TPSA) is 107 Å². The predicted molar refractivity (Wildman–Crippen MR) is 160 cm³/mol.